The molecular formula is C16H13FO3. The summed E-state index contributed by atoms with van der Waals surface area (Å²) in [5, 5.41) is 18.9. The Hall–Kier alpha value is -2.62. The Kier molecular flexibility index (Phi) is 3.84. The second kappa shape index (κ2) is 5.57. The zero-order chi connectivity index (χ0) is 14.7. The lowest BCUT2D eigenvalue weighted by Gasteiger charge is -2.06. The first-order chi connectivity index (χ1) is 9.49. The molecule has 0 aliphatic carbocycles. The zero-order valence-corrected chi connectivity index (χ0v) is 10.8. The first-order valence-corrected chi connectivity index (χ1v) is 5.98. The SMILES string of the molecule is Cc1ccc(/C(=C/c2ccccc2O)C(=O)O)cc1F. The number of rotatable bonds is 3. The molecule has 0 aliphatic heterocycles. The predicted molar refractivity (Wildman–Crippen MR) is 74.8 cm³/mol. The number of phenolic OH excluding ortho intramolecular Hbond substituents is 1. The van der Waals surface area contributed by atoms with Crippen LogP contribution in [0, 0.1) is 12.7 Å². The standard InChI is InChI=1S/C16H13FO3/c1-10-6-7-11(9-14(10)17)13(16(19)20)8-12-4-2-3-5-15(12)18/h2-9,18H,1H3,(H,19,20)/b13-8-. The Morgan fingerprint density at radius 3 is 2.50 bits per heavy atom. The van der Waals surface area contributed by atoms with Gasteiger partial charge in [-0.15, -0.1) is 0 Å². The summed E-state index contributed by atoms with van der Waals surface area (Å²) in [4.78, 5) is 11.3. The van der Waals surface area contributed by atoms with Crippen molar-refractivity contribution in [3.05, 3.63) is 65.0 Å². The minimum absolute atomic E-state index is 0.0289. The summed E-state index contributed by atoms with van der Waals surface area (Å²) >= 11 is 0. The second-order valence-corrected chi connectivity index (χ2v) is 4.39. The van der Waals surface area contributed by atoms with Crippen molar-refractivity contribution in [3.63, 3.8) is 0 Å². The van der Waals surface area contributed by atoms with E-state index >= 15 is 0 Å². The van der Waals surface area contributed by atoms with E-state index < -0.39 is 11.8 Å². The molecule has 0 fully saturated rings. The first kappa shape index (κ1) is 13.8. The number of aliphatic carboxylic acids is 1. The van der Waals surface area contributed by atoms with Crippen molar-refractivity contribution < 1.29 is 19.4 Å². The highest BCUT2D eigenvalue weighted by atomic mass is 19.1. The van der Waals surface area contributed by atoms with Crippen molar-refractivity contribution >= 4 is 17.6 Å². The Morgan fingerprint density at radius 1 is 1.20 bits per heavy atom. The van der Waals surface area contributed by atoms with Gasteiger partial charge >= 0.3 is 5.97 Å². The molecule has 3 nitrogen and oxygen atoms in total. The highest BCUT2D eigenvalue weighted by molar-refractivity contribution is 6.20. The summed E-state index contributed by atoms with van der Waals surface area (Å²) < 4.78 is 13.6. The highest BCUT2D eigenvalue weighted by Crippen LogP contribution is 2.25. The van der Waals surface area contributed by atoms with Gasteiger partial charge in [-0.05, 0) is 36.3 Å². The molecule has 102 valence electrons. The maximum atomic E-state index is 13.6. The van der Waals surface area contributed by atoms with Crippen LogP contribution in [-0.4, -0.2) is 16.2 Å². The molecule has 0 saturated carbocycles. The molecule has 0 heterocycles. The van der Waals surface area contributed by atoms with Gasteiger partial charge in [-0.2, -0.15) is 0 Å². The minimum atomic E-state index is -1.18. The first-order valence-electron chi connectivity index (χ1n) is 5.98. The summed E-state index contributed by atoms with van der Waals surface area (Å²) in [6.45, 7) is 1.60. The summed E-state index contributed by atoms with van der Waals surface area (Å²) in [6.07, 6.45) is 1.32. The molecular weight excluding hydrogens is 259 g/mol. The van der Waals surface area contributed by atoms with E-state index in [4.69, 9.17) is 0 Å². The van der Waals surface area contributed by atoms with Crippen molar-refractivity contribution in [1.29, 1.82) is 0 Å². The van der Waals surface area contributed by atoms with E-state index in [1.807, 2.05) is 0 Å². The molecule has 20 heavy (non-hydrogen) atoms. The van der Waals surface area contributed by atoms with Gasteiger partial charge in [-0.1, -0.05) is 30.3 Å². The van der Waals surface area contributed by atoms with E-state index in [1.54, 1.807) is 31.2 Å². The molecule has 2 rings (SSSR count). The van der Waals surface area contributed by atoms with Crippen LogP contribution in [0.25, 0.3) is 11.6 Å². The van der Waals surface area contributed by atoms with Crippen LogP contribution in [0.2, 0.25) is 0 Å². The normalized spacial score (nSPS) is 11.4. The van der Waals surface area contributed by atoms with E-state index in [0.717, 1.165) is 0 Å². The van der Waals surface area contributed by atoms with Crippen molar-refractivity contribution in [1.82, 2.24) is 0 Å². The van der Waals surface area contributed by atoms with Crippen molar-refractivity contribution in [2.24, 2.45) is 0 Å². The van der Waals surface area contributed by atoms with Gasteiger partial charge in [0.1, 0.15) is 11.6 Å². The van der Waals surface area contributed by atoms with Crippen molar-refractivity contribution in [3.8, 4) is 5.75 Å². The van der Waals surface area contributed by atoms with Crippen molar-refractivity contribution in [2.75, 3.05) is 0 Å². The Morgan fingerprint density at radius 2 is 1.90 bits per heavy atom. The summed E-state index contributed by atoms with van der Waals surface area (Å²) in [6, 6.07) is 10.6. The van der Waals surface area contributed by atoms with Gasteiger partial charge in [-0.25, -0.2) is 9.18 Å². The van der Waals surface area contributed by atoms with Crippen LogP contribution in [0.15, 0.2) is 42.5 Å². The van der Waals surface area contributed by atoms with Gasteiger partial charge in [-0.3, -0.25) is 0 Å². The highest BCUT2D eigenvalue weighted by Gasteiger charge is 2.13. The van der Waals surface area contributed by atoms with Gasteiger partial charge in [0.15, 0.2) is 0 Å². The number of aromatic hydroxyl groups is 1. The van der Waals surface area contributed by atoms with Crippen LogP contribution in [0.3, 0.4) is 0 Å². The molecule has 0 radical (unpaired) electrons. The van der Waals surface area contributed by atoms with Gasteiger partial charge in [0, 0.05) is 5.56 Å². The summed E-state index contributed by atoms with van der Waals surface area (Å²) in [7, 11) is 0. The lowest BCUT2D eigenvalue weighted by Crippen LogP contribution is -2.00. The van der Waals surface area contributed by atoms with E-state index in [0.29, 0.717) is 11.1 Å². The molecule has 0 amide bonds. The molecule has 0 atom stereocenters. The zero-order valence-electron chi connectivity index (χ0n) is 10.8. The number of benzene rings is 2. The van der Waals surface area contributed by atoms with Gasteiger partial charge < -0.3 is 10.2 Å². The van der Waals surface area contributed by atoms with Crippen LogP contribution in [0.4, 0.5) is 4.39 Å². The number of aryl methyl sites for hydroxylation is 1. The summed E-state index contributed by atoms with van der Waals surface area (Å²) in [5.74, 6) is -1.68. The molecule has 2 aromatic carbocycles. The molecule has 2 aromatic rings. The van der Waals surface area contributed by atoms with Crippen LogP contribution >= 0.6 is 0 Å². The Balaban J connectivity index is 2.54. The smallest absolute Gasteiger partial charge is 0.336 e. The fourth-order valence-corrected chi connectivity index (χ4v) is 1.79. The van der Waals surface area contributed by atoms with E-state index in [-0.39, 0.29) is 16.9 Å². The molecule has 0 aliphatic rings. The molecule has 2 N–H and O–H groups in total. The number of phenols is 1. The molecule has 0 saturated heterocycles. The average Bonchev–Trinajstić information content (AvgIpc) is 2.41. The van der Waals surface area contributed by atoms with Crippen LogP contribution in [-0.2, 0) is 4.79 Å². The average molecular weight is 272 g/mol. The topological polar surface area (TPSA) is 57.5 Å². The lowest BCUT2D eigenvalue weighted by molar-refractivity contribution is -0.130. The number of para-hydroxylation sites is 1. The van der Waals surface area contributed by atoms with Crippen LogP contribution in [0.5, 0.6) is 5.75 Å². The molecule has 4 heteroatoms. The second-order valence-electron chi connectivity index (χ2n) is 4.39. The number of carbonyl (C=O) groups is 1. The molecule has 0 spiro atoms. The third-order valence-corrected chi connectivity index (χ3v) is 2.95. The lowest BCUT2D eigenvalue weighted by atomic mass is 10.0. The van der Waals surface area contributed by atoms with Crippen molar-refractivity contribution in [2.45, 2.75) is 6.92 Å². The van der Waals surface area contributed by atoms with Crippen LogP contribution < -0.4 is 0 Å². The molecule has 0 aromatic heterocycles. The molecule has 0 bridgehead atoms. The van der Waals surface area contributed by atoms with Gasteiger partial charge in [0.05, 0.1) is 5.57 Å². The van der Waals surface area contributed by atoms with E-state index in [2.05, 4.69) is 0 Å². The summed E-state index contributed by atoms with van der Waals surface area (Å²) in [5.41, 5.74) is 0.987. The fourth-order valence-electron chi connectivity index (χ4n) is 1.79. The van der Waals surface area contributed by atoms with E-state index in [1.165, 1.54) is 24.3 Å². The minimum Gasteiger partial charge on any atom is -0.507 e. The Bertz CT molecular complexity index is 690. The maximum absolute atomic E-state index is 13.6. The third kappa shape index (κ3) is 2.85. The number of hydrogen-bond acceptors (Lipinski definition) is 2. The molecule has 0 unspecified atom stereocenters. The number of carboxylic acids is 1. The van der Waals surface area contributed by atoms with E-state index in [9.17, 15) is 19.4 Å². The number of hydrogen-bond donors (Lipinski definition) is 2. The van der Waals surface area contributed by atoms with Gasteiger partial charge in [0.25, 0.3) is 0 Å². The Labute approximate surface area is 115 Å². The van der Waals surface area contributed by atoms with Gasteiger partial charge in [0.2, 0.25) is 0 Å². The predicted octanol–water partition coefficient (Wildman–Crippen LogP) is 3.46. The monoisotopic (exact) mass is 272 g/mol. The van der Waals surface area contributed by atoms with Crippen LogP contribution in [0.1, 0.15) is 16.7 Å². The number of halogens is 1. The largest absolute Gasteiger partial charge is 0.507 e. The fraction of sp³-hybridized carbons (Fsp3) is 0.0625. The number of carboxylic acid groups (broad SMARTS) is 1. The quantitative estimate of drug-likeness (QED) is 0.664. The third-order valence-electron chi connectivity index (χ3n) is 2.95. The maximum Gasteiger partial charge on any atom is 0.336 e.